The lowest BCUT2D eigenvalue weighted by Crippen LogP contribution is -2.27. The van der Waals surface area contributed by atoms with E-state index < -0.39 is 16.0 Å². The fourth-order valence-corrected chi connectivity index (χ4v) is 3.42. The number of hydrogen-bond acceptors (Lipinski definition) is 6. The summed E-state index contributed by atoms with van der Waals surface area (Å²) in [6, 6.07) is 13.2. The topological polar surface area (TPSA) is 111 Å². The third-order valence-corrected chi connectivity index (χ3v) is 5.28. The minimum absolute atomic E-state index is 0.0339. The van der Waals surface area contributed by atoms with Crippen molar-refractivity contribution >= 4 is 27.6 Å². The second kappa shape index (κ2) is 10.6. The second-order valence-electron chi connectivity index (χ2n) is 6.19. The number of carbonyl (C=O) groups is 2. The molecule has 0 atom stereocenters. The van der Waals surface area contributed by atoms with Crippen LogP contribution in [0.5, 0.6) is 5.75 Å². The van der Waals surface area contributed by atoms with Crippen molar-refractivity contribution in [3.63, 3.8) is 0 Å². The van der Waals surface area contributed by atoms with Gasteiger partial charge in [-0.05, 0) is 42.8 Å². The zero-order valence-corrected chi connectivity index (χ0v) is 17.1. The van der Waals surface area contributed by atoms with E-state index in [0.29, 0.717) is 5.69 Å². The van der Waals surface area contributed by atoms with Gasteiger partial charge < -0.3 is 14.8 Å². The standard InChI is InChI=1S/C20H24N2O6S/c1-15-5-3-4-6-19(15)27-13-14-28-20(24)11-12-21-29(25,26)18-9-7-17(8-10-18)22-16(2)23/h3-10,21H,11-14H2,1-2H3,(H,22,23). The van der Waals surface area contributed by atoms with Crippen molar-refractivity contribution < 1.29 is 27.5 Å². The predicted octanol–water partition coefficient (Wildman–Crippen LogP) is 2.24. The molecule has 0 heterocycles. The molecule has 0 radical (unpaired) electrons. The summed E-state index contributed by atoms with van der Waals surface area (Å²) < 4.78 is 37.4. The summed E-state index contributed by atoms with van der Waals surface area (Å²) in [6.07, 6.45) is -0.104. The van der Waals surface area contributed by atoms with Gasteiger partial charge in [-0.25, -0.2) is 13.1 Å². The number of nitrogens with one attached hydrogen (secondary N) is 2. The first kappa shape index (κ1) is 22.4. The van der Waals surface area contributed by atoms with Gasteiger partial charge in [-0.1, -0.05) is 18.2 Å². The molecule has 0 aliphatic rings. The highest BCUT2D eigenvalue weighted by Crippen LogP contribution is 2.16. The largest absolute Gasteiger partial charge is 0.490 e. The number of benzene rings is 2. The number of rotatable bonds is 10. The Balaban J connectivity index is 1.70. The Kier molecular flexibility index (Phi) is 8.17. The van der Waals surface area contributed by atoms with E-state index >= 15 is 0 Å². The van der Waals surface area contributed by atoms with Crippen molar-refractivity contribution in [2.24, 2.45) is 0 Å². The number of hydrogen-bond donors (Lipinski definition) is 2. The molecule has 0 aliphatic carbocycles. The van der Waals surface area contributed by atoms with E-state index in [2.05, 4.69) is 10.0 Å². The van der Waals surface area contributed by atoms with Crippen molar-refractivity contribution in [2.45, 2.75) is 25.2 Å². The maximum Gasteiger partial charge on any atom is 0.307 e. The van der Waals surface area contributed by atoms with Gasteiger partial charge in [-0.3, -0.25) is 9.59 Å². The molecule has 2 aromatic carbocycles. The fourth-order valence-electron chi connectivity index (χ4n) is 2.39. The van der Waals surface area contributed by atoms with Gasteiger partial charge in [0.25, 0.3) is 0 Å². The van der Waals surface area contributed by atoms with Crippen molar-refractivity contribution in [1.29, 1.82) is 0 Å². The van der Waals surface area contributed by atoms with Crippen LogP contribution in [0.2, 0.25) is 0 Å². The minimum Gasteiger partial charge on any atom is -0.490 e. The molecule has 8 nitrogen and oxygen atoms in total. The van der Waals surface area contributed by atoms with E-state index in [1.165, 1.54) is 31.2 Å². The van der Waals surface area contributed by atoms with E-state index in [-0.39, 0.29) is 37.0 Å². The Bertz CT molecular complexity index is 942. The second-order valence-corrected chi connectivity index (χ2v) is 7.95. The van der Waals surface area contributed by atoms with Crippen LogP contribution in [0.15, 0.2) is 53.4 Å². The maximum atomic E-state index is 12.2. The zero-order valence-electron chi connectivity index (χ0n) is 16.3. The first-order valence-corrected chi connectivity index (χ1v) is 10.5. The van der Waals surface area contributed by atoms with Crippen LogP contribution in [-0.2, 0) is 24.3 Å². The Hall–Kier alpha value is -2.91. The molecule has 0 aromatic heterocycles. The average molecular weight is 420 g/mol. The van der Waals surface area contributed by atoms with E-state index in [1.54, 1.807) is 0 Å². The average Bonchev–Trinajstić information content (AvgIpc) is 2.66. The number of aryl methyl sites for hydroxylation is 1. The molecule has 0 aliphatic heterocycles. The Morgan fingerprint density at radius 2 is 1.69 bits per heavy atom. The summed E-state index contributed by atoms with van der Waals surface area (Å²) in [4.78, 5) is 22.8. The molecule has 0 fully saturated rings. The molecule has 2 N–H and O–H groups in total. The Labute approximate surface area is 170 Å². The molecular weight excluding hydrogens is 396 g/mol. The molecule has 0 saturated heterocycles. The van der Waals surface area contributed by atoms with Gasteiger partial charge in [0.1, 0.15) is 19.0 Å². The van der Waals surface area contributed by atoms with Crippen LogP contribution in [0.25, 0.3) is 0 Å². The van der Waals surface area contributed by atoms with Crippen molar-refractivity contribution in [1.82, 2.24) is 4.72 Å². The summed E-state index contributed by atoms with van der Waals surface area (Å²) in [5.41, 5.74) is 1.48. The van der Waals surface area contributed by atoms with Gasteiger partial charge in [0.2, 0.25) is 15.9 Å². The highest BCUT2D eigenvalue weighted by molar-refractivity contribution is 7.89. The first-order valence-electron chi connectivity index (χ1n) is 8.99. The van der Waals surface area contributed by atoms with Gasteiger partial charge in [0, 0.05) is 19.2 Å². The normalized spacial score (nSPS) is 11.0. The molecule has 9 heteroatoms. The quantitative estimate of drug-likeness (QED) is 0.451. The molecule has 0 unspecified atom stereocenters. The highest BCUT2D eigenvalue weighted by Gasteiger charge is 2.14. The number of esters is 1. The van der Waals surface area contributed by atoms with E-state index in [0.717, 1.165) is 11.3 Å². The van der Waals surface area contributed by atoms with Gasteiger partial charge >= 0.3 is 5.97 Å². The smallest absolute Gasteiger partial charge is 0.307 e. The summed E-state index contributed by atoms with van der Waals surface area (Å²) in [5.74, 6) is -0.0514. The van der Waals surface area contributed by atoms with Crippen LogP contribution in [0, 0.1) is 6.92 Å². The number of sulfonamides is 1. The summed E-state index contributed by atoms with van der Waals surface area (Å²) in [7, 11) is -3.76. The number of carbonyl (C=O) groups excluding carboxylic acids is 2. The van der Waals surface area contributed by atoms with Crippen LogP contribution in [0.3, 0.4) is 0 Å². The van der Waals surface area contributed by atoms with E-state index in [9.17, 15) is 18.0 Å². The van der Waals surface area contributed by atoms with Crippen LogP contribution < -0.4 is 14.8 Å². The number of anilines is 1. The third kappa shape index (κ3) is 7.55. The van der Waals surface area contributed by atoms with Gasteiger partial charge in [0.05, 0.1) is 11.3 Å². The molecule has 2 aromatic rings. The minimum atomic E-state index is -3.76. The summed E-state index contributed by atoms with van der Waals surface area (Å²) >= 11 is 0. The lowest BCUT2D eigenvalue weighted by atomic mass is 10.2. The van der Waals surface area contributed by atoms with Crippen LogP contribution in [-0.4, -0.2) is 40.1 Å². The molecular formula is C20H24N2O6S. The SMILES string of the molecule is CC(=O)Nc1ccc(S(=O)(=O)NCCC(=O)OCCOc2ccccc2C)cc1. The first-order chi connectivity index (χ1) is 13.8. The summed E-state index contributed by atoms with van der Waals surface area (Å²) in [5, 5.41) is 2.55. The van der Waals surface area contributed by atoms with Gasteiger partial charge in [-0.15, -0.1) is 0 Å². The van der Waals surface area contributed by atoms with Crippen LogP contribution in [0.4, 0.5) is 5.69 Å². The third-order valence-electron chi connectivity index (χ3n) is 3.80. The van der Waals surface area contributed by atoms with Crippen molar-refractivity contribution in [3.8, 4) is 5.75 Å². The monoisotopic (exact) mass is 420 g/mol. The lowest BCUT2D eigenvalue weighted by Gasteiger charge is -2.10. The van der Waals surface area contributed by atoms with Crippen molar-refractivity contribution in [3.05, 3.63) is 54.1 Å². The molecule has 0 spiro atoms. The zero-order chi connectivity index (χ0) is 21.3. The predicted molar refractivity (Wildman–Crippen MR) is 108 cm³/mol. The molecule has 29 heavy (non-hydrogen) atoms. The lowest BCUT2D eigenvalue weighted by molar-refractivity contribution is -0.144. The summed E-state index contributed by atoms with van der Waals surface area (Å²) in [6.45, 7) is 3.47. The van der Waals surface area contributed by atoms with Gasteiger partial charge in [0.15, 0.2) is 0 Å². The molecule has 0 saturated carbocycles. The van der Waals surface area contributed by atoms with Gasteiger partial charge in [-0.2, -0.15) is 0 Å². The number of ether oxygens (including phenoxy) is 2. The van der Waals surface area contributed by atoms with Crippen LogP contribution >= 0.6 is 0 Å². The Morgan fingerprint density at radius 1 is 1.00 bits per heavy atom. The molecule has 1 amide bonds. The Morgan fingerprint density at radius 3 is 2.34 bits per heavy atom. The number of para-hydroxylation sites is 1. The number of amides is 1. The van der Waals surface area contributed by atoms with Crippen molar-refractivity contribution in [2.75, 3.05) is 25.1 Å². The van der Waals surface area contributed by atoms with E-state index in [1.807, 2.05) is 31.2 Å². The molecule has 0 bridgehead atoms. The highest BCUT2D eigenvalue weighted by atomic mass is 32.2. The molecule has 156 valence electrons. The van der Waals surface area contributed by atoms with Crippen LogP contribution in [0.1, 0.15) is 18.9 Å². The van der Waals surface area contributed by atoms with E-state index in [4.69, 9.17) is 9.47 Å². The maximum absolute atomic E-state index is 12.2. The fraction of sp³-hybridized carbons (Fsp3) is 0.300. The molecule has 2 rings (SSSR count).